The molecule has 1 fully saturated rings. The van der Waals surface area contributed by atoms with E-state index in [1.807, 2.05) is 11.0 Å². The summed E-state index contributed by atoms with van der Waals surface area (Å²) in [6, 6.07) is 6.15. The number of ether oxygens (including phenoxy) is 1. The van der Waals surface area contributed by atoms with Gasteiger partial charge in [0.05, 0.1) is 13.0 Å². The number of aryl methyl sites for hydroxylation is 2. The number of hydrogen-bond acceptors (Lipinski definition) is 3. The van der Waals surface area contributed by atoms with Crippen LogP contribution in [0.4, 0.5) is 0 Å². The number of nitrogens with zero attached hydrogens (tertiary/aromatic N) is 1. The molecule has 0 bridgehead atoms. The summed E-state index contributed by atoms with van der Waals surface area (Å²) in [5.41, 5.74) is 2.41. The first-order valence-corrected chi connectivity index (χ1v) is 8.41. The number of piperidine rings is 1. The molecule has 1 aromatic rings. The van der Waals surface area contributed by atoms with E-state index in [0.29, 0.717) is 32.4 Å². The second-order valence-electron chi connectivity index (χ2n) is 5.75. The van der Waals surface area contributed by atoms with Crippen molar-refractivity contribution in [3.63, 3.8) is 0 Å². The molecule has 120 valence electrons. The number of amides is 1. The highest BCUT2D eigenvalue weighted by molar-refractivity contribution is 9.10. The van der Waals surface area contributed by atoms with E-state index in [2.05, 4.69) is 35.0 Å². The maximum atomic E-state index is 12.3. The van der Waals surface area contributed by atoms with Crippen molar-refractivity contribution in [1.82, 2.24) is 4.90 Å². The Balaban J connectivity index is 1.83. The summed E-state index contributed by atoms with van der Waals surface area (Å²) < 4.78 is 5.81. The summed E-state index contributed by atoms with van der Waals surface area (Å²) >= 11 is 3.47. The SMILES string of the molecule is COC(=O)C1CCN(C(=O)CCc2cc(Br)ccc2C)CC1. The molecule has 0 spiro atoms. The maximum absolute atomic E-state index is 12.3. The molecule has 0 radical (unpaired) electrons. The van der Waals surface area contributed by atoms with Crippen LogP contribution in [0.3, 0.4) is 0 Å². The van der Waals surface area contributed by atoms with Crippen LogP contribution in [-0.2, 0) is 20.7 Å². The van der Waals surface area contributed by atoms with Crippen molar-refractivity contribution in [3.05, 3.63) is 33.8 Å². The van der Waals surface area contributed by atoms with Gasteiger partial charge >= 0.3 is 5.97 Å². The monoisotopic (exact) mass is 367 g/mol. The maximum Gasteiger partial charge on any atom is 0.308 e. The summed E-state index contributed by atoms with van der Waals surface area (Å²) in [6.45, 7) is 3.36. The van der Waals surface area contributed by atoms with Crippen molar-refractivity contribution < 1.29 is 14.3 Å². The molecule has 0 N–H and O–H groups in total. The Kier molecular flexibility index (Phi) is 6.00. The van der Waals surface area contributed by atoms with Gasteiger partial charge in [-0.3, -0.25) is 9.59 Å². The van der Waals surface area contributed by atoms with Crippen LogP contribution in [0.2, 0.25) is 0 Å². The van der Waals surface area contributed by atoms with E-state index in [0.717, 1.165) is 10.9 Å². The van der Waals surface area contributed by atoms with Crippen LogP contribution >= 0.6 is 15.9 Å². The summed E-state index contributed by atoms with van der Waals surface area (Å²) in [7, 11) is 1.42. The van der Waals surface area contributed by atoms with Gasteiger partial charge < -0.3 is 9.64 Å². The molecule has 1 aliphatic rings. The molecular formula is C17H22BrNO3. The van der Waals surface area contributed by atoms with Gasteiger partial charge in [-0.1, -0.05) is 22.0 Å². The molecular weight excluding hydrogens is 346 g/mol. The largest absolute Gasteiger partial charge is 0.469 e. The van der Waals surface area contributed by atoms with E-state index in [-0.39, 0.29) is 17.8 Å². The zero-order valence-corrected chi connectivity index (χ0v) is 14.7. The van der Waals surface area contributed by atoms with E-state index in [9.17, 15) is 9.59 Å². The van der Waals surface area contributed by atoms with E-state index in [1.54, 1.807) is 0 Å². The smallest absolute Gasteiger partial charge is 0.308 e. The molecule has 0 aliphatic carbocycles. The van der Waals surface area contributed by atoms with E-state index < -0.39 is 0 Å². The topological polar surface area (TPSA) is 46.6 Å². The molecule has 1 saturated heterocycles. The Bertz CT molecular complexity index is 551. The Morgan fingerprint density at radius 1 is 1.32 bits per heavy atom. The molecule has 1 aliphatic heterocycles. The first-order valence-electron chi connectivity index (χ1n) is 7.62. The highest BCUT2D eigenvalue weighted by atomic mass is 79.9. The minimum atomic E-state index is -0.156. The Hall–Kier alpha value is -1.36. The van der Waals surface area contributed by atoms with Gasteiger partial charge in [-0.25, -0.2) is 0 Å². The minimum Gasteiger partial charge on any atom is -0.469 e. The molecule has 4 nitrogen and oxygen atoms in total. The second-order valence-corrected chi connectivity index (χ2v) is 6.66. The van der Waals surface area contributed by atoms with Crippen LogP contribution in [0, 0.1) is 12.8 Å². The normalized spacial score (nSPS) is 15.7. The Labute approximate surface area is 140 Å². The van der Waals surface area contributed by atoms with Crippen LogP contribution in [0.5, 0.6) is 0 Å². The molecule has 22 heavy (non-hydrogen) atoms. The molecule has 1 amide bonds. The molecule has 0 aromatic heterocycles. The summed E-state index contributed by atoms with van der Waals surface area (Å²) in [5.74, 6) is -0.0408. The predicted molar refractivity (Wildman–Crippen MR) is 88.5 cm³/mol. The first kappa shape index (κ1) is 17.0. The molecule has 5 heteroatoms. The zero-order valence-electron chi connectivity index (χ0n) is 13.1. The van der Waals surface area contributed by atoms with Gasteiger partial charge in [0.25, 0.3) is 0 Å². The minimum absolute atomic E-state index is 0.0543. The molecule has 0 saturated carbocycles. The lowest BCUT2D eigenvalue weighted by atomic mass is 9.96. The third-order valence-corrected chi connectivity index (χ3v) is 4.79. The molecule has 1 heterocycles. The molecule has 2 rings (SSSR count). The van der Waals surface area contributed by atoms with Gasteiger partial charge in [-0.05, 0) is 49.4 Å². The van der Waals surface area contributed by atoms with Crippen LogP contribution < -0.4 is 0 Å². The fourth-order valence-corrected chi connectivity index (χ4v) is 3.25. The van der Waals surface area contributed by atoms with E-state index in [1.165, 1.54) is 18.2 Å². The number of methoxy groups -OCH3 is 1. The van der Waals surface area contributed by atoms with Gasteiger partial charge in [-0.15, -0.1) is 0 Å². The lowest BCUT2D eigenvalue weighted by molar-refractivity contribution is -0.148. The van der Waals surface area contributed by atoms with Gasteiger partial charge in [0.15, 0.2) is 0 Å². The quantitative estimate of drug-likeness (QED) is 0.768. The average Bonchev–Trinajstić information content (AvgIpc) is 2.54. The van der Waals surface area contributed by atoms with E-state index in [4.69, 9.17) is 4.74 Å². The number of halogens is 1. The molecule has 0 atom stereocenters. The number of hydrogen-bond donors (Lipinski definition) is 0. The van der Waals surface area contributed by atoms with Gasteiger partial charge in [0, 0.05) is 24.0 Å². The van der Waals surface area contributed by atoms with E-state index >= 15 is 0 Å². The van der Waals surface area contributed by atoms with Crippen molar-refractivity contribution >= 4 is 27.8 Å². The van der Waals surface area contributed by atoms with Crippen LogP contribution in [0.25, 0.3) is 0 Å². The lowest BCUT2D eigenvalue weighted by Gasteiger charge is -2.30. The average molecular weight is 368 g/mol. The Morgan fingerprint density at radius 2 is 2.00 bits per heavy atom. The number of carbonyl (C=O) groups excluding carboxylic acids is 2. The van der Waals surface area contributed by atoms with Crippen molar-refractivity contribution in [1.29, 1.82) is 0 Å². The van der Waals surface area contributed by atoms with Crippen molar-refractivity contribution in [3.8, 4) is 0 Å². The fourth-order valence-electron chi connectivity index (χ4n) is 2.84. The number of carbonyl (C=O) groups is 2. The second kappa shape index (κ2) is 7.77. The molecule has 0 unspecified atom stereocenters. The zero-order chi connectivity index (χ0) is 16.1. The molecule has 1 aromatic carbocycles. The number of esters is 1. The number of benzene rings is 1. The van der Waals surface area contributed by atoms with Crippen molar-refractivity contribution in [2.45, 2.75) is 32.6 Å². The standard InChI is InChI=1S/C17H22BrNO3/c1-12-3-5-15(18)11-14(12)4-6-16(20)19-9-7-13(8-10-19)17(21)22-2/h3,5,11,13H,4,6-10H2,1-2H3. The van der Waals surface area contributed by atoms with Gasteiger partial charge in [0.1, 0.15) is 0 Å². The third kappa shape index (κ3) is 4.32. The van der Waals surface area contributed by atoms with Crippen molar-refractivity contribution in [2.24, 2.45) is 5.92 Å². The van der Waals surface area contributed by atoms with Crippen LogP contribution in [0.1, 0.15) is 30.4 Å². The van der Waals surface area contributed by atoms with Gasteiger partial charge in [0.2, 0.25) is 5.91 Å². The number of likely N-dealkylation sites (tertiary alicyclic amines) is 1. The lowest BCUT2D eigenvalue weighted by Crippen LogP contribution is -2.40. The van der Waals surface area contributed by atoms with Crippen LogP contribution in [0.15, 0.2) is 22.7 Å². The predicted octanol–water partition coefficient (Wildman–Crippen LogP) is 3.10. The fraction of sp³-hybridized carbons (Fsp3) is 0.529. The highest BCUT2D eigenvalue weighted by Crippen LogP contribution is 2.21. The third-order valence-electron chi connectivity index (χ3n) is 4.30. The number of rotatable bonds is 4. The summed E-state index contributed by atoms with van der Waals surface area (Å²) in [4.78, 5) is 25.7. The highest BCUT2D eigenvalue weighted by Gasteiger charge is 2.27. The van der Waals surface area contributed by atoms with Crippen molar-refractivity contribution in [2.75, 3.05) is 20.2 Å². The van der Waals surface area contributed by atoms with Gasteiger partial charge in [-0.2, -0.15) is 0 Å². The summed E-state index contributed by atoms with van der Waals surface area (Å²) in [6.07, 6.45) is 2.67. The summed E-state index contributed by atoms with van der Waals surface area (Å²) in [5, 5.41) is 0. The first-order chi connectivity index (χ1) is 10.5. The Morgan fingerprint density at radius 3 is 2.64 bits per heavy atom. The van der Waals surface area contributed by atoms with Crippen LogP contribution in [-0.4, -0.2) is 37.0 Å².